The minimum atomic E-state index is -0.699. The predicted octanol–water partition coefficient (Wildman–Crippen LogP) is 2.21. The summed E-state index contributed by atoms with van der Waals surface area (Å²) in [6.07, 6.45) is 1.70. The maximum Gasteiger partial charge on any atom is 0.308 e. The number of aromatic nitrogens is 1. The van der Waals surface area contributed by atoms with Crippen LogP contribution in [0.5, 0.6) is 0 Å². The number of aliphatic carboxylic acids is 1. The van der Waals surface area contributed by atoms with Crippen molar-refractivity contribution in [2.24, 2.45) is 5.92 Å². The second-order valence-electron chi connectivity index (χ2n) is 3.58. The molecule has 1 atom stereocenters. The SMILES string of the molecule is O=C(O)C1CCCN(c2nc(Br)cs2)C1. The molecule has 0 aromatic carbocycles. The molecule has 0 bridgehead atoms. The van der Waals surface area contributed by atoms with Gasteiger partial charge >= 0.3 is 5.97 Å². The average Bonchev–Trinajstić information content (AvgIpc) is 2.65. The maximum atomic E-state index is 10.9. The molecule has 82 valence electrons. The molecule has 1 N–H and O–H groups in total. The highest BCUT2D eigenvalue weighted by Crippen LogP contribution is 2.27. The van der Waals surface area contributed by atoms with Gasteiger partial charge in [0, 0.05) is 18.5 Å². The van der Waals surface area contributed by atoms with E-state index >= 15 is 0 Å². The standard InChI is InChI=1S/C9H11BrN2O2S/c10-7-5-15-9(11-7)12-3-1-2-6(4-12)8(13)14/h5-6H,1-4H2,(H,13,14). The van der Waals surface area contributed by atoms with E-state index in [0.717, 1.165) is 29.1 Å². The molecule has 1 unspecified atom stereocenters. The number of rotatable bonds is 2. The summed E-state index contributed by atoms with van der Waals surface area (Å²) in [4.78, 5) is 17.2. The van der Waals surface area contributed by atoms with Crippen molar-refractivity contribution in [2.45, 2.75) is 12.8 Å². The first kappa shape index (κ1) is 10.9. The van der Waals surface area contributed by atoms with E-state index in [9.17, 15) is 4.79 Å². The Bertz CT molecular complexity index is 369. The summed E-state index contributed by atoms with van der Waals surface area (Å²) in [6.45, 7) is 1.49. The Labute approximate surface area is 100 Å². The van der Waals surface area contributed by atoms with Gasteiger partial charge in [0.2, 0.25) is 0 Å². The Balaban J connectivity index is 2.07. The van der Waals surface area contributed by atoms with Crippen LogP contribution in [0.2, 0.25) is 0 Å². The van der Waals surface area contributed by atoms with Crippen LogP contribution in [0.25, 0.3) is 0 Å². The molecule has 1 fully saturated rings. The quantitative estimate of drug-likeness (QED) is 0.907. The van der Waals surface area contributed by atoms with Gasteiger partial charge in [0.1, 0.15) is 4.60 Å². The lowest BCUT2D eigenvalue weighted by molar-refractivity contribution is -0.141. The molecule has 6 heteroatoms. The number of hydrogen-bond acceptors (Lipinski definition) is 4. The summed E-state index contributed by atoms with van der Waals surface area (Å²) >= 11 is 4.84. The van der Waals surface area contributed by atoms with Crippen LogP contribution in [0.3, 0.4) is 0 Å². The summed E-state index contributed by atoms with van der Waals surface area (Å²) in [5.41, 5.74) is 0. The molecule has 1 aromatic rings. The molecule has 0 radical (unpaired) electrons. The van der Waals surface area contributed by atoms with Crippen LogP contribution in [0, 0.1) is 5.92 Å². The summed E-state index contributed by atoms with van der Waals surface area (Å²) in [5.74, 6) is -0.947. The molecule has 1 aliphatic rings. The van der Waals surface area contributed by atoms with Crippen LogP contribution in [-0.2, 0) is 4.79 Å². The van der Waals surface area contributed by atoms with E-state index in [4.69, 9.17) is 5.11 Å². The number of carboxylic acids is 1. The number of halogens is 1. The monoisotopic (exact) mass is 290 g/mol. The molecule has 0 spiro atoms. The Morgan fingerprint density at radius 1 is 1.73 bits per heavy atom. The van der Waals surface area contributed by atoms with Crippen LogP contribution in [0.15, 0.2) is 9.98 Å². The van der Waals surface area contributed by atoms with Gasteiger partial charge < -0.3 is 10.0 Å². The van der Waals surface area contributed by atoms with Gasteiger partial charge in [-0.1, -0.05) is 0 Å². The van der Waals surface area contributed by atoms with Gasteiger partial charge in [-0.15, -0.1) is 11.3 Å². The zero-order valence-electron chi connectivity index (χ0n) is 8.02. The van der Waals surface area contributed by atoms with Gasteiger partial charge in [-0.2, -0.15) is 0 Å². The molecule has 2 rings (SSSR count). The molecule has 0 amide bonds. The van der Waals surface area contributed by atoms with E-state index in [1.165, 1.54) is 0 Å². The van der Waals surface area contributed by atoms with Crippen molar-refractivity contribution >= 4 is 38.4 Å². The van der Waals surface area contributed by atoms with Crippen LogP contribution >= 0.6 is 27.3 Å². The predicted molar refractivity (Wildman–Crippen MR) is 62.4 cm³/mol. The van der Waals surface area contributed by atoms with Crippen LogP contribution in [-0.4, -0.2) is 29.1 Å². The van der Waals surface area contributed by atoms with E-state index in [0.29, 0.717) is 6.54 Å². The summed E-state index contributed by atoms with van der Waals surface area (Å²) in [7, 11) is 0. The van der Waals surface area contributed by atoms with Crippen molar-refractivity contribution in [3.63, 3.8) is 0 Å². The second kappa shape index (κ2) is 4.49. The molecule has 1 saturated heterocycles. The lowest BCUT2D eigenvalue weighted by Gasteiger charge is -2.30. The summed E-state index contributed by atoms with van der Waals surface area (Å²) < 4.78 is 0.819. The lowest BCUT2D eigenvalue weighted by atomic mass is 9.99. The van der Waals surface area contributed by atoms with E-state index in [-0.39, 0.29) is 5.92 Å². The Hall–Kier alpha value is -0.620. The molecular weight excluding hydrogens is 280 g/mol. The van der Waals surface area contributed by atoms with E-state index in [2.05, 4.69) is 25.8 Å². The number of thiazole rings is 1. The second-order valence-corrected chi connectivity index (χ2v) is 5.23. The zero-order chi connectivity index (χ0) is 10.8. The number of nitrogens with zero attached hydrogens (tertiary/aromatic N) is 2. The Kier molecular flexibility index (Phi) is 3.25. The fourth-order valence-electron chi connectivity index (χ4n) is 1.74. The van der Waals surface area contributed by atoms with E-state index < -0.39 is 5.97 Å². The third kappa shape index (κ3) is 2.49. The van der Waals surface area contributed by atoms with Gasteiger partial charge in [0.25, 0.3) is 0 Å². The molecule has 15 heavy (non-hydrogen) atoms. The first-order chi connectivity index (χ1) is 7.16. The van der Waals surface area contributed by atoms with Gasteiger partial charge in [-0.05, 0) is 28.8 Å². The van der Waals surface area contributed by atoms with Crippen LogP contribution in [0.4, 0.5) is 5.13 Å². The normalized spacial score (nSPS) is 21.7. The van der Waals surface area contributed by atoms with Crippen molar-refractivity contribution in [3.05, 3.63) is 9.98 Å². The minimum Gasteiger partial charge on any atom is -0.481 e. The Morgan fingerprint density at radius 3 is 3.13 bits per heavy atom. The molecule has 4 nitrogen and oxygen atoms in total. The van der Waals surface area contributed by atoms with Crippen molar-refractivity contribution in [1.29, 1.82) is 0 Å². The van der Waals surface area contributed by atoms with Crippen LogP contribution < -0.4 is 4.90 Å². The number of carboxylic acid groups (broad SMARTS) is 1. The third-order valence-corrected chi connectivity index (χ3v) is 4.12. The molecule has 1 aromatic heterocycles. The molecule has 0 saturated carbocycles. The van der Waals surface area contributed by atoms with Crippen LogP contribution in [0.1, 0.15) is 12.8 Å². The highest BCUT2D eigenvalue weighted by molar-refractivity contribution is 9.10. The minimum absolute atomic E-state index is 0.249. The summed E-state index contributed by atoms with van der Waals surface area (Å²) in [6, 6.07) is 0. The Morgan fingerprint density at radius 2 is 2.53 bits per heavy atom. The molecule has 0 aliphatic carbocycles. The smallest absolute Gasteiger partial charge is 0.308 e. The van der Waals surface area contributed by atoms with Crippen molar-refractivity contribution < 1.29 is 9.90 Å². The maximum absolute atomic E-state index is 10.9. The van der Waals surface area contributed by atoms with Crippen molar-refractivity contribution in [2.75, 3.05) is 18.0 Å². The molecule has 1 aliphatic heterocycles. The fourth-order valence-corrected chi connectivity index (χ4v) is 3.03. The number of hydrogen-bond donors (Lipinski definition) is 1. The zero-order valence-corrected chi connectivity index (χ0v) is 10.4. The average molecular weight is 291 g/mol. The van der Waals surface area contributed by atoms with Crippen molar-refractivity contribution in [1.82, 2.24) is 4.98 Å². The third-order valence-electron chi connectivity index (χ3n) is 2.51. The molecular formula is C9H11BrN2O2S. The van der Waals surface area contributed by atoms with E-state index in [1.807, 2.05) is 5.38 Å². The van der Waals surface area contributed by atoms with Gasteiger partial charge in [0.15, 0.2) is 5.13 Å². The molecule has 2 heterocycles. The number of anilines is 1. The van der Waals surface area contributed by atoms with E-state index in [1.54, 1.807) is 11.3 Å². The largest absolute Gasteiger partial charge is 0.481 e. The topological polar surface area (TPSA) is 53.4 Å². The first-order valence-corrected chi connectivity index (χ1v) is 6.43. The lowest BCUT2D eigenvalue weighted by Crippen LogP contribution is -2.38. The highest BCUT2D eigenvalue weighted by Gasteiger charge is 2.26. The number of piperidine rings is 1. The highest BCUT2D eigenvalue weighted by atomic mass is 79.9. The van der Waals surface area contributed by atoms with Gasteiger partial charge in [0.05, 0.1) is 5.92 Å². The first-order valence-electron chi connectivity index (χ1n) is 4.75. The summed E-state index contributed by atoms with van der Waals surface area (Å²) in [5, 5.41) is 11.8. The van der Waals surface area contributed by atoms with Gasteiger partial charge in [-0.25, -0.2) is 4.98 Å². The van der Waals surface area contributed by atoms with Gasteiger partial charge in [-0.3, -0.25) is 4.79 Å². The van der Waals surface area contributed by atoms with Crippen molar-refractivity contribution in [3.8, 4) is 0 Å². The fraction of sp³-hybridized carbons (Fsp3) is 0.556. The number of carbonyl (C=O) groups is 1.